The highest BCUT2D eigenvalue weighted by Gasteiger charge is 2.24. The maximum Gasteiger partial charge on any atom is 0.252 e. The van der Waals surface area contributed by atoms with Crippen molar-refractivity contribution >= 4 is 29.1 Å². The van der Waals surface area contributed by atoms with Crippen molar-refractivity contribution in [3.8, 4) is 6.07 Å². The van der Waals surface area contributed by atoms with Gasteiger partial charge in [-0.2, -0.15) is 5.26 Å². The molecule has 1 aliphatic heterocycles. The molecule has 1 N–H and O–H groups in total. The van der Waals surface area contributed by atoms with E-state index in [0.717, 1.165) is 66.7 Å². The average molecular weight is 474 g/mol. The lowest BCUT2D eigenvalue weighted by Crippen LogP contribution is -2.38. The molecule has 0 saturated heterocycles. The van der Waals surface area contributed by atoms with Crippen LogP contribution in [0.3, 0.4) is 0 Å². The molecule has 0 radical (unpaired) electrons. The third kappa shape index (κ3) is 5.43. The van der Waals surface area contributed by atoms with Gasteiger partial charge in [-0.05, 0) is 91.1 Å². The quantitative estimate of drug-likeness (QED) is 0.504. The summed E-state index contributed by atoms with van der Waals surface area (Å²) in [6.45, 7) is 3.22. The molecule has 0 spiro atoms. The second-order valence-electron chi connectivity index (χ2n) is 9.63. The predicted molar refractivity (Wildman–Crippen MR) is 139 cm³/mol. The number of hydrogen-bond donors (Lipinski definition) is 1. The molecule has 0 unspecified atom stereocenters. The van der Waals surface area contributed by atoms with Gasteiger partial charge in [-0.1, -0.05) is 42.5 Å². The van der Waals surface area contributed by atoms with Crippen LogP contribution in [0.2, 0.25) is 0 Å². The first-order valence-corrected chi connectivity index (χ1v) is 12.2. The summed E-state index contributed by atoms with van der Waals surface area (Å²) in [7, 11) is 0. The lowest BCUT2D eigenvalue weighted by molar-refractivity contribution is 0.0921. The largest absolute Gasteiger partial charge is 0.349 e. The number of carbonyl (C=O) groups excluding carboxylic acids is 1. The molecule has 1 amide bonds. The Balaban J connectivity index is 0.00000274. The molecule has 1 fully saturated rings. The summed E-state index contributed by atoms with van der Waals surface area (Å²) < 4.78 is 0. The van der Waals surface area contributed by atoms with Gasteiger partial charge in [0, 0.05) is 24.7 Å². The van der Waals surface area contributed by atoms with Crippen molar-refractivity contribution in [1.82, 2.24) is 10.2 Å². The van der Waals surface area contributed by atoms with Gasteiger partial charge in [0.1, 0.15) is 0 Å². The number of amides is 1. The van der Waals surface area contributed by atoms with Gasteiger partial charge in [0.05, 0.1) is 11.6 Å². The number of nitrogens with one attached hydrogen (secondary N) is 1. The smallest absolute Gasteiger partial charge is 0.252 e. The van der Waals surface area contributed by atoms with Crippen molar-refractivity contribution in [3.63, 3.8) is 0 Å². The van der Waals surface area contributed by atoms with Crippen LogP contribution in [-0.2, 0) is 13.0 Å². The SMILES string of the molecule is Cl.N#Cc1ccc2c(c1)CCN(CCC1CCC(NC(=O)c3cccc4ccccc34)CC1)C2. The standard InChI is InChI=1S/C29H31N3O.ClH/c30-19-22-8-11-25-20-32(17-15-24(25)18-22)16-14-21-9-12-26(13-10-21)31-29(33)28-7-3-5-23-4-1-2-6-27(23)28;/h1-8,11,18,21,26H,9-10,12-17,20H2,(H,31,33);1H. The molecule has 34 heavy (non-hydrogen) atoms. The minimum absolute atomic E-state index is 0. The predicted octanol–water partition coefficient (Wildman–Crippen LogP) is 5.87. The fourth-order valence-corrected chi connectivity index (χ4v) is 5.52. The van der Waals surface area contributed by atoms with E-state index in [1.807, 2.05) is 36.4 Å². The van der Waals surface area contributed by atoms with Crippen molar-refractivity contribution in [2.45, 2.75) is 51.1 Å². The fourth-order valence-electron chi connectivity index (χ4n) is 5.52. The van der Waals surface area contributed by atoms with Crippen molar-refractivity contribution in [3.05, 3.63) is 82.9 Å². The Morgan fingerprint density at radius 1 is 1.00 bits per heavy atom. The van der Waals surface area contributed by atoms with Gasteiger partial charge in [0.15, 0.2) is 0 Å². The molecule has 1 heterocycles. The molecule has 1 saturated carbocycles. The second kappa shape index (κ2) is 11.0. The van der Waals surface area contributed by atoms with Gasteiger partial charge in [-0.15, -0.1) is 12.4 Å². The van der Waals surface area contributed by atoms with Crippen LogP contribution in [0.25, 0.3) is 10.8 Å². The van der Waals surface area contributed by atoms with E-state index in [9.17, 15) is 4.79 Å². The maximum absolute atomic E-state index is 12.9. The van der Waals surface area contributed by atoms with Crippen LogP contribution in [0, 0.1) is 17.2 Å². The first kappa shape index (κ1) is 24.3. The number of carbonyl (C=O) groups is 1. The molecular formula is C29H32ClN3O. The molecule has 0 aromatic heterocycles. The lowest BCUT2D eigenvalue weighted by atomic mass is 9.83. The Morgan fingerprint density at radius 3 is 2.62 bits per heavy atom. The minimum Gasteiger partial charge on any atom is -0.349 e. The van der Waals surface area contributed by atoms with E-state index in [1.54, 1.807) is 0 Å². The zero-order valence-electron chi connectivity index (χ0n) is 19.5. The van der Waals surface area contributed by atoms with Crippen molar-refractivity contribution in [2.24, 2.45) is 5.92 Å². The summed E-state index contributed by atoms with van der Waals surface area (Å²) in [4.78, 5) is 15.5. The number of halogens is 1. The lowest BCUT2D eigenvalue weighted by Gasteiger charge is -2.33. The van der Waals surface area contributed by atoms with Crippen molar-refractivity contribution in [1.29, 1.82) is 5.26 Å². The zero-order chi connectivity index (χ0) is 22.6. The molecule has 5 rings (SSSR count). The van der Waals surface area contributed by atoms with Crippen LogP contribution >= 0.6 is 12.4 Å². The topological polar surface area (TPSA) is 56.1 Å². The first-order valence-electron chi connectivity index (χ1n) is 12.2. The Morgan fingerprint density at radius 2 is 1.79 bits per heavy atom. The highest BCUT2D eigenvalue weighted by Crippen LogP contribution is 2.29. The molecular weight excluding hydrogens is 442 g/mol. The Hall–Kier alpha value is -2.87. The Kier molecular flexibility index (Phi) is 7.88. The van der Waals surface area contributed by atoms with E-state index in [2.05, 4.69) is 40.6 Å². The summed E-state index contributed by atoms with van der Waals surface area (Å²) >= 11 is 0. The van der Waals surface area contributed by atoms with Crippen LogP contribution in [0.1, 0.15) is 59.2 Å². The third-order valence-electron chi connectivity index (χ3n) is 7.50. The van der Waals surface area contributed by atoms with Crippen LogP contribution in [-0.4, -0.2) is 29.9 Å². The molecule has 1 aliphatic carbocycles. The van der Waals surface area contributed by atoms with Gasteiger partial charge < -0.3 is 5.32 Å². The summed E-state index contributed by atoms with van der Waals surface area (Å²) in [5.74, 6) is 0.805. The van der Waals surface area contributed by atoms with Crippen LogP contribution in [0.5, 0.6) is 0 Å². The van der Waals surface area contributed by atoms with E-state index in [0.29, 0.717) is 0 Å². The van der Waals surface area contributed by atoms with E-state index in [-0.39, 0.29) is 24.4 Å². The number of benzene rings is 3. The molecule has 0 atom stereocenters. The fraction of sp³-hybridized carbons (Fsp3) is 0.379. The zero-order valence-corrected chi connectivity index (χ0v) is 20.3. The van der Waals surface area contributed by atoms with Crippen LogP contribution < -0.4 is 5.32 Å². The van der Waals surface area contributed by atoms with Crippen LogP contribution in [0.4, 0.5) is 0 Å². The molecule has 176 valence electrons. The van der Waals surface area contributed by atoms with E-state index in [1.165, 1.54) is 30.4 Å². The van der Waals surface area contributed by atoms with Gasteiger partial charge in [0.25, 0.3) is 5.91 Å². The first-order chi connectivity index (χ1) is 16.2. The van der Waals surface area contributed by atoms with Crippen LogP contribution in [0.15, 0.2) is 60.7 Å². The van der Waals surface area contributed by atoms with Gasteiger partial charge in [-0.3, -0.25) is 9.69 Å². The number of nitrogens with zero attached hydrogens (tertiary/aromatic N) is 2. The summed E-state index contributed by atoms with van der Waals surface area (Å²) in [5.41, 5.74) is 4.27. The van der Waals surface area contributed by atoms with E-state index >= 15 is 0 Å². The van der Waals surface area contributed by atoms with Crippen molar-refractivity contribution in [2.75, 3.05) is 13.1 Å². The number of nitriles is 1. The number of hydrogen-bond acceptors (Lipinski definition) is 3. The molecule has 3 aromatic rings. The normalized spacial score (nSPS) is 20.1. The van der Waals surface area contributed by atoms with Gasteiger partial charge in [-0.25, -0.2) is 0 Å². The Bertz CT molecular complexity index is 1190. The monoisotopic (exact) mass is 473 g/mol. The molecule has 5 heteroatoms. The van der Waals surface area contributed by atoms with E-state index < -0.39 is 0 Å². The molecule has 2 aliphatic rings. The maximum atomic E-state index is 12.9. The minimum atomic E-state index is 0. The number of rotatable bonds is 5. The van der Waals surface area contributed by atoms with Crippen molar-refractivity contribution < 1.29 is 4.79 Å². The molecule has 4 nitrogen and oxygen atoms in total. The molecule has 3 aromatic carbocycles. The van der Waals surface area contributed by atoms with E-state index in [4.69, 9.17) is 5.26 Å². The highest BCUT2D eigenvalue weighted by atomic mass is 35.5. The summed E-state index contributed by atoms with van der Waals surface area (Å²) in [6, 6.07) is 22.7. The summed E-state index contributed by atoms with van der Waals surface area (Å²) in [6.07, 6.45) is 6.79. The Labute approximate surface area is 208 Å². The summed E-state index contributed by atoms with van der Waals surface area (Å²) in [5, 5.41) is 14.5. The highest BCUT2D eigenvalue weighted by molar-refractivity contribution is 6.07. The molecule has 0 bridgehead atoms. The van der Waals surface area contributed by atoms with Gasteiger partial charge >= 0.3 is 0 Å². The second-order valence-corrected chi connectivity index (χ2v) is 9.63. The van der Waals surface area contributed by atoms with Gasteiger partial charge in [0.2, 0.25) is 0 Å². The number of fused-ring (bicyclic) bond motifs is 2. The average Bonchev–Trinajstić information content (AvgIpc) is 2.87. The third-order valence-corrected chi connectivity index (χ3v) is 7.50.